The number of aromatic nitrogens is 2. The molecule has 2 aliphatic rings. The molecule has 3 heterocycles. The predicted octanol–water partition coefficient (Wildman–Crippen LogP) is 6.68. The van der Waals surface area contributed by atoms with Crippen LogP contribution >= 0.6 is 0 Å². The van der Waals surface area contributed by atoms with Crippen molar-refractivity contribution in [2.75, 3.05) is 13.1 Å². The summed E-state index contributed by atoms with van der Waals surface area (Å²) < 4.78 is 8.13. The number of carbonyl (C=O) groups is 1. The third-order valence-corrected chi connectivity index (χ3v) is 7.80. The third-order valence-electron chi connectivity index (χ3n) is 7.80. The molecule has 0 spiro atoms. The Morgan fingerprint density at radius 2 is 1.81 bits per heavy atom. The van der Waals surface area contributed by atoms with E-state index in [0.717, 1.165) is 83.4 Å². The van der Waals surface area contributed by atoms with Gasteiger partial charge in [0.15, 0.2) is 0 Å². The number of nitrogens with zero attached hydrogens (tertiary/aromatic N) is 3. The number of hydrogen-bond donors (Lipinski definition) is 0. The molecule has 1 saturated heterocycles. The van der Waals surface area contributed by atoms with Crippen LogP contribution in [0.3, 0.4) is 0 Å². The second-order valence-electron chi connectivity index (χ2n) is 10.5. The molecule has 7 rings (SSSR count). The van der Waals surface area contributed by atoms with Crippen LogP contribution < -0.4 is 0 Å². The molecule has 3 aromatic carbocycles. The number of rotatable bonds is 5. The van der Waals surface area contributed by atoms with Gasteiger partial charge in [0.1, 0.15) is 11.4 Å². The lowest BCUT2D eigenvalue weighted by atomic mass is 10.0. The molecule has 1 aliphatic heterocycles. The molecule has 1 atom stereocenters. The summed E-state index contributed by atoms with van der Waals surface area (Å²) >= 11 is 0. The molecular weight excluding hydrogens is 446 g/mol. The standard InChI is InChI=1S/C31H29N3O2/c1-20-6-13-28-27(16-20)32-30(34(28)18-21-14-15-33(17-21)31(35)24-11-12-24)23-9-7-22(8-10-23)26-19-36-29-5-3-2-4-25(26)29/h2-10,13,16,19,21,24H,11-12,14-15,17-18H2,1H3/t21-/m1/s1. The Labute approximate surface area is 210 Å². The van der Waals surface area contributed by atoms with Crippen molar-refractivity contribution >= 4 is 27.9 Å². The number of likely N-dealkylation sites (tertiary alicyclic amines) is 1. The molecule has 0 N–H and O–H groups in total. The SMILES string of the molecule is Cc1ccc2c(c1)nc(-c1ccc(-c3coc4ccccc34)cc1)n2C[C@@H]1CCN(C(=O)C2CC2)C1. The summed E-state index contributed by atoms with van der Waals surface area (Å²) in [6.45, 7) is 4.72. The highest BCUT2D eigenvalue weighted by atomic mass is 16.3. The summed E-state index contributed by atoms with van der Waals surface area (Å²) in [6, 6.07) is 23.3. The van der Waals surface area contributed by atoms with Crippen molar-refractivity contribution in [1.82, 2.24) is 14.5 Å². The zero-order valence-corrected chi connectivity index (χ0v) is 20.5. The Hall–Kier alpha value is -3.86. The number of aryl methyl sites for hydroxylation is 1. The molecule has 1 aliphatic carbocycles. The maximum atomic E-state index is 12.6. The van der Waals surface area contributed by atoms with Gasteiger partial charge in [0.2, 0.25) is 5.91 Å². The number of carbonyl (C=O) groups excluding carboxylic acids is 1. The van der Waals surface area contributed by atoms with E-state index < -0.39 is 0 Å². The number of imidazole rings is 1. The Kier molecular flexibility index (Phi) is 4.98. The van der Waals surface area contributed by atoms with Crippen molar-refractivity contribution in [3.63, 3.8) is 0 Å². The van der Waals surface area contributed by atoms with Gasteiger partial charge >= 0.3 is 0 Å². The summed E-state index contributed by atoms with van der Waals surface area (Å²) in [5.41, 5.74) is 7.64. The summed E-state index contributed by atoms with van der Waals surface area (Å²) in [7, 11) is 0. The maximum Gasteiger partial charge on any atom is 0.225 e. The van der Waals surface area contributed by atoms with E-state index in [4.69, 9.17) is 9.40 Å². The summed E-state index contributed by atoms with van der Waals surface area (Å²) in [6.07, 6.45) is 5.03. The maximum absolute atomic E-state index is 12.6. The van der Waals surface area contributed by atoms with E-state index in [9.17, 15) is 4.79 Å². The van der Waals surface area contributed by atoms with Crippen molar-refractivity contribution in [2.24, 2.45) is 11.8 Å². The van der Waals surface area contributed by atoms with Gasteiger partial charge in [-0.05, 0) is 61.4 Å². The van der Waals surface area contributed by atoms with Crippen LogP contribution in [0.1, 0.15) is 24.8 Å². The van der Waals surface area contributed by atoms with Gasteiger partial charge in [-0.2, -0.15) is 0 Å². The molecule has 5 aromatic rings. The van der Waals surface area contributed by atoms with Gasteiger partial charge in [-0.25, -0.2) is 4.98 Å². The highest BCUT2D eigenvalue weighted by Gasteiger charge is 2.36. The van der Waals surface area contributed by atoms with Crippen LogP contribution in [0.2, 0.25) is 0 Å². The van der Waals surface area contributed by atoms with Crippen molar-refractivity contribution in [3.8, 4) is 22.5 Å². The highest BCUT2D eigenvalue weighted by molar-refractivity contribution is 5.94. The Morgan fingerprint density at radius 1 is 1.00 bits per heavy atom. The van der Waals surface area contributed by atoms with Crippen LogP contribution in [-0.4, -0.2) is 33.4 Å². The number of amides is 1. The molecule has 1 saturated carbocycles. The minimum Gasteiger partial charge on any atom is -0.464 e. The van der Waals surface area contributed by atoms with Crippen LogP contribution in [0, 0.1) is 18.8 Å². The number of hydrogen-bond acceptors (Lipinski definition) is 3. The quantitative estimate of drug-likeness (QED) is 0.285. The monoisotopic (exact) mass is 475 g/mol. The number of benzene rings is 3. The van der Waals surface area contributed by atoms with Crippen LogP contribution in [0.5, 0.6) is 0 Å². The average Bonchev–Trinajstić information content (AvgIpc) is 3.34. The van der Waals surface area contributed by atoms with Crippen LogP contribution in [0.4, 0.5) is 0 Å². The van der Waals surface area contributed by atoms with Gasteiger partial charge in [-0.1, -0.05) is 48.5 Å². The Balaban J connectivity index is 1.22. The predicted molar refractivity (Wildman–Crippen MR) is 143 cm³/mol. The Bertz CT molecular complexity index is 1590. The van der Waals surface area contributed by atoms with Gasteiger partial charge < -0.3 is 13.9 Å². The second kappa shape index (κ2) is 8.37. The molecule has 1 amide bonds. The van der Waals surface area contributed by atoms with E-state index in [0.29, 0.717) is 17.7 Å². The van der Waals surface area contributed by atoms with Gasteiger partial charge in [0.25, 0.3) is 0 Å². The third kappa shape index (κ3) is 3.70. The lowest BCUT2D eigenvalue weighted by Crippen LogP contribution is -2.30. The zero-order valence-electron chi connectivity index (χ0n) is 20.5. The molecule has 36 heavy (non-hydrogen) atoms. The normalized spacial score (nSPS) is 17.9. The fraction of sp³-hybridized carbons (Fsp3) is 0.290. The highest BCUT2D eigenvalue weighted by Crippen LogP contribution is 2.35. The van der Waals surface area contributed by atoms with E-state index in [1.165, 1.54) is 5.56 Å². The molecular formula is C31H29N3O2. The molecule has 5 heteroatoms. The molecule has 0 bridgehead atoms. The summed E-state index contributed by atoms with van der Waals surface area (Å²) in [4.78, 5) is 19.8. The average molecular weight is 476 g/mol. The van der Waals surface area contributed by atoms with Crippen LogP contribution in [0.25, 0.3) is 44.5 Å². The zero-order chi connectivity index (χ0) is 24.2. The minimum atomic E-state index is 0.294. The number of fused-ring (bicyclic) bond motifs is 2. The topological polar surface area (TPSA) is 51.3 Å². The van der Waals surface area contributed by atoms with E-state index in [2.05, 4.69) is 64.9 Å². The first-order valence-corrected chi connectivity index (χ1v) is 13.0. The lowest BCUT2D eigenvalue weighted by Gasteiger charge is -2.18. The van der Waals surface area contributed by atoms with Crippen molar-refractivity contribution in [3.05, 3.63) is 78.6 Å². The van der Waals surface area contributed by atoms with E-state index >= 15 is 0 Å². The molecule has 180 valence electrons. The van der Waals surface area contributed by atoms with E-state index in [-0.39, 0.29) is 0 Å². The van der Waals surface area contributed by atoms with Gasteiger partial charge in [0, 0.05) is 42.1 Å². The molecule has 2 fully saturated rings. The van der Waals surface area contributed by atoms with Crippen molar-refractivity contribution < 1.29 is 9.21 Å². The molecule has 0 radical (unpaired) electrons. The number of para-hydroxylation sites is 1. The first kappa shape index (κ1) is 21.4. The summed E-state index contributed by atoms with van der Waals surface area (Å²) in [5.74, 6) is 2.10. The molecule has 0 unspecified atom stereocenters. The molecule has 2 aromatic heterocycles. The van der Waals surface area contributed by atoms with Gasteiger partial charge in [-0.3, -0.25) is 4.79 Å². The lowest BCUT2D eigenvalue weighted by molar-refractivity contribution is -0.131. The van der Waals surface area contributed by atoms with E-state index in [1.807, 2.05) is 24.5 Å². The van der Waals surface area contributed by atoms with Crippen molar-refractivity contribution in [2.45, 2.75) is 32.7 Å². The van der Waals surface area contributed by atoms with Crippen LogP contribution in [0.15, 0.2) is 77.4 Å². The Morgan fingerprint density at radius 3 is 2.64 bits per heavy atom. The second-order valence-corrected chi connectivity index (χ2v) is 10.5. The number of furan rings is 1. The van der Waals surface area contributed by atoms with Gasteiger partial charge in [-0.15, -0.1) is 0 Å². The minimum absolute atomic E-state index is 0.294. The first-order valence-electron chi connectivity index (χ1n) is 13.0. The van der Waals surface area contributed by atoms with Gasteiger partial charge in [0.05, 0.1) is 17.3 Å². The fourth-order valence-corrected chi connectivity index (χ4v) is 5.67. The first-order chi connectivity index (χ1) is 17.6. The smallest absolute Gasteiger partial charge is 0.225 e. The molecule has 5 nitrogen and oxygen atoms in total. The van der Waals surface area contributed by atoms with Crippen molar-refractivity contribution in [1.29, 1.82) is 0 Å². The van der Waals surface area contributed by atoms with E-state index in [1.54, 1.807) is 0 Å². The summed E-state index contributed by atoms with van der Waals surface area (Å²) in [5, 5.41) is 1.12. The largest absolute Gasteiger partial charge is 0.464 e. The van der Waals surface area contributed by atoms with Crippen LogP contribution in [-0.2, 0) is 11.3 Å². The fourth-order valence-electron chi connectivity index (χ4n) is 5.67.